The molecule has 120 valence electrons. The van der Waals surface area contributed by atoms with Crippen LogP contribution in [0.25, 0.3) is 0 Å². The van der Waals surface area contributed by atoms with Crippen molar-refractivity contribution in [3.05, 3.63) is 47.4 Å². The second kappa shape index (κ2) is 6.20. The van der Waals surface area contributed by atoms with Crippen LogP contribution in [0.1, 0.15) is 11.3 Å². The third kappa shape index (κ3) is 3.56. The first kappa shape index (κ1) is 15.2. The van der Waals surface area contributed by atoms with Gasteiger partial charge in [0.2, 0.25) is 11.9 Å². The summed E-state index contributed by atoms with van der Waals surface area (Å²) in [6.45, 7) is 3.68. The molecule has 3 rings (SSSR count). The molecule has 1 aliphatic rings. The minimum absolute atomic E-state index is 0.0182. The zero-order valence-electron chi connectivity index (χ0n) is 12.9. The summed E-state index contributed by atoms with van der Waals surface area (Å²) in [5, 5.41) is 0. The predicted molar refractivity (Wildman–Crippen MR) is 85.2 cm³/mol. The summed E-state index contributed by atoms with van der Waals surface area (Å²) in [4.78, 5) is 24.2. The highest BCUT2D eigenvalue weighted by Gasteiger charge is 2.25. The summed E-state index contributed by atoms with van der Waals surface area (Å²) in [5.41, 5.74) is 7.22. The van der Waals surface area contributed by atoms with E-state index in [4.69, 9.17) is 5.73 Å². The van der Waals surface area contributed by atoms with E-state index in [1.54, 1.807) is 11.0 Å². The van der Waals surface area contributed by atoms with Gasteiger partial charge in [-0.25, -0.2) is 9.37 Å². The number of nitrogens with zero attached hydrogens (tertiary/aromatic N) is 4. The first-order chi connectivity index (χ1) is 11.0. The number of hydrogen-bond acceptors (Lipinski definition) is 5. The van der Waals surface area contributed by atoms with Crippen LogP contribution in [0.5, 0.6) is 0 Å². The standard InChI is InChI=1S/C16H18FN5O/c1-11-7-14(20-16(18)19-11)21-5-6-22(15(23)10-21)9-12-3-2-4-13(17)8-12/h2-4,7-8H,5-6,9-10H2,1H3,(H2,18,19,20). The maximum Gasteiger partial charge on any atom is 0.242 e. The SMILES string of the molecule is Cc1cc(N2CCN(Cc3cccc(F)c3)C(=O)C2)nc(N)n1. The number of piperazine rings is 1. The van der Waals surface area contributed by atoms with Gasteiger partial charge < -0.3 is 15.5 Å². The number of aryl methyl sites for hydroxylation is 1. The number of anilines is 2. The van der Waals surface area contributed by atoms with E-state index >= 15 is 0 Å². The monoisotopic (exact) mass is 315 g/mol. The summed E-state index contributed by atoms with van der Waals surface area (Å²) in [6, 6.07) is 8.13. The summed E-state index contributed by atoms with van der Waals surface area (Å²) in [7, 11) is 0. The zero-order valence-corrected chi connectivity index (χ0v) is 12.9. The van der Waals surface area contributed by atoms with Crippen LogP contribution in [0.2, 0.25) is 0 Å². The molecule has 0 aliphatic carbocycles. The highest BCUT2D eigenvalue weighted by molar-refractivity contribution is 5.82. The van der Waals surface area contributed by atoms with Gasteiger partial charge in [-0.3, -0.25) is 4.79 Å². The number of halogens is 1. The number of aromatic nitrogens is 2. The van der Waals surface area contributed by atoms with Crippen LogP contribution in [0.4, 0.5) is 16.2 Å². The number of nitrogen functional groups attached to an aromatic ring is 1. The molecule has 1 aromatic heterocycles. The molecule has 2 aromatic rings. The van der Waals surface area contributed by atoms with E-state index in [9.17, 15) is 9.18 Å². The topological polar surface area (TPSA) is 75.3 Å². The van der Waals surface area contributed by atoms with Gasteiger partial charge in [0, 0.05) is 31.4 Å². The van der Waals surface area contributed by atoms with Crippen molar-refractivity contribution in [2.75, 3.05) is 30.3 Å². The van der Waals surface area contributed by atoms with Crippen molar-refractivity contribution in [2.24, 2.45) is 0 Å². The minimum Gasteiger partial charge on any atom is -0.368 e. The molecule has 1 aromatic carbocycles. The van der Waals surface area contributed by atoms with Crippen LogP contribution in [-0.4, -0.2) is 40.4 Å². The van der Waals surface area contributed by atoms with Gasteiger partial charge in [-0.1, -0.05) is 12.1 Å². The Morgan fingerprint density at radius 1 is 1.26 bits per heavy atom. The molecular weight excluding hydrogens is 297 g/mol. The summed E-state index contributed by atoms with van der Waals surface area (Å²) >= 11 is 0. The Hall–Kier alpha value is -2.70. The second-order valence-corrected chi connectivity index (χ2v) is 5.59. The number of benzene rings is 1. The lowest BCUT2D eigenvalue weighted by atomic mass is 10.2. The van der Waals surface area contributed by atoms with Gasteiger partial charge in [-0.15, -0.1) is 0 Å². The maximum atomic E-state index is 13.2. The summed E-state index contributed by atoms with van der Waals surface area (Å²) in [6.07, 6.45) is 0. The van der Waals surface area contributed by atoms with Crippen LogP contribution < -0.4 is 10.6 Å². The minimum atomic E-state index is -0.291. The van der Waals surface area contributed by atoms with E-state index in [2.05, 4.69) is 9.97 Å². The van der Waals surface area contributed by atoms with Crippen molar-refractivity contribution < 1.29 is 9.18 Å². The molecule has 0 atom stereocenters. The Labute approximate surface area is 133 Å². The molecule has 1 saturated heterocycles. The molecule has 2 heterocycles. The number of amides is 1. The number of rotatable bonds is 3. The number of hydrogen-bond donors (Lipinski definition) is 1. The molecule has 0 spiro atoms. The van der Waals surface area contributed by atoms with Crippen molar-refractivity contribution in [2.45, 2.75) is 13.5 Å². The van der Waals surface area contributed by atoms with E-state index in [0.717, 1.165) is 11.3 Å². The van der Waals surface area contributed by atoms with Gasteiger partial charge in [0.25, 0.3) is 0 Å². The summed E-state index contributed by atoms with van der Waals surface area (Å²) in [5.74, 6) is 0.555. The lowest BCUT2D eigenvalue weighted by Gasteiger charge is -2.35. The molecule has 0 saturated carbocycles. The van der Waals surface area contributed by atoms with Gasteiger partial charge in [0.1, 0.15) is 11.6 Å². The molecule has 2 N–H and O–H groups in total. The predicted octanol–water partition coefficient (Wildman–Crippen LogP) is 1.36. The van der Waals surface area contributed by atoms with Gasteiger partial charge in [-0.05, 0) is 24.6 Å². The Morgan fingerprint density at radius 3 is 2.78 bits per heavy atom. The van der Waals surface area contributed by atoms with Crippen molar-refractivity contribution in [3.8, 4) is 0 Å². The molecule has 0 radical (unpaired) electrons. The molecule has 23 heavy (non-hydrogen) atoms. The molecule has 0 bridgehead atoms. The fourth-order valence-corrected chi connectivity index (χ4v) is 2.66. The maximum absolute atomic E-state index is 13.2. The highest BCUT2D eigenvalue weighted by atomic mass is 19.1. The van der Waals surface area contributed by atoms with E-state index in [-0.39, 0.29) is 24.2 Å². The third-order valence-electron chi connectivity index (χ3n) is 3.76. The normalized spacial score (nSPS) is 15.1. The van der Waals surface area contributed by atoms with E-state index < -0.39 is 0 Å². The van der Waals surface area contributed by atoms with Crippen LogP contribution in [-0.2, 0) is 11.3 Å². The van der Waals surface area contributed by atoms with Crippen molar-refractivity contribution >= 4 is 17.7 Å². The lowest BCUT2D eigenvalue weighted by molar-refractivity contribution is -0.131. The van der Waals surface area contributed by atoms with Crippen LogP contribution >= 0.6 is 0 Å². The van der Waals surface area contributed by atoms with Crippen LogP contribution in [0.3, 0.4) is 0 Å². The van der Waals surface area contributed by atoms with Crippen LogP contribution in [0.15, 0.2) is 30.3 Å². The number of carbonyl (C=O) groups is 1. The first-order valence-corrected chi connectivity index (χ1v) is 7.39. The molecule has 7 heteroatoms. The van der Waals surface area contributed by atoms with Crippen molar-refractivity contribution in [1.82, 2.24) is 14.9 Å². The number of carbonyl (C=O) groups excluding carboxylic acids is 1. The fraction of sp³-hybridized carbons (Fsp3) is 0.312. The zero-order chi connectivity index (χ0) is 16.4. The lowest BCUT2D eigenvalue weighted by Crippen LogP contribution is -2.50. The quantitative estimate of drug-likeness (QED) is 0.925. The number of nitrogens with two attached hydrogens (primary N) is 1. The molecule has 1 aliphatic heterocycles. The van der Waals surface area contributed by atoms with E-state index in [0.29, 0.717) is 25.5 Å². The van der Waals surface area contributed by atoms with E-state index in [1.165, 1.54) is 12.1 Å². The Bertz CT molecular complexity index is 716. The third-order valence-corrected chi connectivity index (χ3v) is 3.76. The molecule has 1 amide bonds. The summed E-state index contributed by atoms with van der Waals surface area (Å²) < 4.78 is 13.2. The Morgan fingerprint density at radius 2 is 2.09 bits per heavy atom. The smallest absolute Gasteiger partial charge is 0.242 e. The fourth-order valence-electron chi connectivity index (χ4n) is 2.66. The average Bonchev–Trinajstić information content (AvgIpc) is 2.48. The highest BCUT2D eigenvalue weighted by Crippen LogP contribution is 2.17. The van der Waals surface area contributed by atoms with Gasteiger partial charge >= 0.3 is 0 Å². The molecule has 0 unspecified atom stereocenters. The molecule has 6 nitrogen and oxygen atoms in total. The largest absolute Gasteiger partial charge is 0.368 e. The molecular formula is C16H18FN5O. The molecule has 1 fully saturated rings. The van der Waals surface area contributed by atoms with Gasteiger partial charge in [-0.2, -0.15) is 4.98 Å². The Kier molecular flexibility index (Phi) is 4.10. The second-order valence-electron chi connectivity index (χ2n) is 5.59. The first-order valence-electron chi connectivity index (χ1n) is 7.39. The van der Waals surface area contributed by atoms with Gasteiger partial charge in [0.05, 0.1) is 6.54 Å². The average molecular weight is 315 g/mol. The van der Waals surface area contributed by atoms with Crippen molar-refractivity contribution in [3.63, 3.8) is 0 Å². The van der Waals surface area contributed by atoms with Gasteiger partial charge in [0.15, 0.2) is 0 Å². The van der Waals surface area contributed by atoms with Crippen LogP contribution in [0, 0.1) is 12.7 Å². The van der Waals surface area contributed by atoms with Crippen molar-refractivity contribution in [1.29, 1.82) is 0 Å². The Balaban J connectivity index is 1.68. The van der Waals surface area contributed by atoms with E-state index in [1.807, 2.05) is 24.0 Å².